The summed E-state index contributed by atoms with van der Waals surface area (Å²) in [5.41, 5.74) is -0.640. The zero-order chi connectivity index (χ0) is 11.0. The fourth-order valence-electron chi connectivity index (χ4n) is 1.51. The van der Waals surface area contributed by atoms with E-state index in [1.807, 2.05) is 0 Å². The van der Waals surface area contributed by atoms with Crippen LogP contribution in [0.2, 0.25) is 0 Å². The molecule has 0 aromatic carbocycles. The van der Waals surface area contributed by atoms with Crippen molar-refractivity contribution in [3.8, 4) is 0 Å². The molecule has 0 bridgehead atoms. The molecule has 1 aliphatic heterocycles. The molecule has 1 amide bonds. The summed E-state index contributed by atoms with van der Waals surface area (Å²) in [5.74, 6) is -0.165. The van der Waals surface area contributed by atoms with E-state index in [2.05, 4.69) is 5.32 Å². The summed E-state index contributed by atoms with van der Waals surface area (Å²) in [5, 5.41) is 2.03. The number of hydrogen-bond donors (Lipinski definition) is 1. The van der Waals surface area contributed by atoms with E-state index >= 15 is 0 Å². The van der Waals surface area contributed by atoms with Crippen molar-refractivity contribution >= 4 is 27.3 Å². The molecule has 1 aliphatic rings. The standard InChI is InChI=1S/C8H14ClNO3S/c1-6(9)7(11)10-8(2)3-4-14(12,13)5-8/h6H,3-5H2,1-2H3,(H,10,11). The van der Waals surface area contributed by atoms with Crippen LogP contribution in [-0.2, 0) is 14.6 Å². The summed E-state index contributed by atoms with van der Waals surface area (Å²) < 4.78 is 22.4. The Morgan fingerprint density at radius 2 is 2.14 bits per heavy atom. The minimum absolute atomic E-state index is 0.00927. The van der Waals surface area contributed by atoms with Gasteiger partial charge < -0.3 is 5.32 Å². The molecule has 1 fully saturated rings. The topological polar surface area (TPSA) is 63.2 Å². The van der Waals surface area contributed by atoms with Gasteiger partial charge in [-0.15, -0.1) is 11.6 Å². The Bertz CT molecular complexity index is 338. The maximum atomic E-state index is 11.3. The number of sulfone groups is 1. The second kappa shape index (κ2) is 3.70. The Labute approximate surface area is 88.9 Å². The van der Waals surface area contributed by atoms with Gasteiger partial charge in [0.25, 0.3) is 0 Å². The summed E-state index contributed by atoms with van der Waals surface area (Å²) in [6.07, 6.45) is 0.463. The molecule has 0 saturated carbocycles. The largest absolute Gasteiger partial charge is 0.349 e. The van der Waals surface area contributed by atoms with Crippen molar-refractivity contribution in [1.82, 2.24) is 5.32 Å². The summed E-state index contributed by atoms with van der Waals surface area (Å²) in [4.78, 5) is 11.3. The van der Waals surface area contributed by atoms with Crippen LogP contribution < -0.4 is 5.32 Å². The van der Waals surface area contributed by atoms with Gasteiger partial charge in [-0.25, -0.2) is 8.42 Å². The highest BCUT2D eigenvalue weighted by molar-refractivity contribution is 7.91. The number of nitrogens with one attached hydrogen (secondary N) is 1. The fraction of sp³-hybridized carbons (Fsp3) is 0.875. The van der Waals surface area contributed by atoms with Crippen molar-refractivity contribution in [3.05, 3.63) is 0 Å². The average Bonchev–Trinajstić information content (AvgIpc) is 2.25. The molecule has 0 aliphatic carbocycles. The second-order valence-electron chi connectivity index (χ2n) is 4.01. The Morgan fingerprint density at radius 1 is 1.57 bits per heavy atom. The van der Waals surface area contributed by atoms with Crippen LogP contribution in [0.5, 0.6) is 0 Å². The van der Waals surface area contributed by atoms with Gasteiger partial charge in [0.05, 0.1) is 17.0 Å². The van der Waals surface area contributed by atoms with E-state index in [0.29, 0.717) is 6.42 Å². The van der Waals surface area contributed by atoms with E-state index in [1.54, 1.807) is 13.8 Å². The Kier molecular flexibility index (Phi) is 3.11. The number of amides is 1. The fourth-order valence-corrected chi connectivity index (χ4v) is 3.65. The van der Waals surface area contributed by atoms with E-state index in [4.69, 9.17) is 11.6 Å². The van der Waals surface area contributed by atoms with Gasteiger partial charge in [-0.2, -0.15) is 0 Å². The molecular formula is C8H14ClNO3S. The summed E-state index contributed by atoms with van der Waals surface area (Å²) in [6, 6.07) is 0. The monoisotopic (exact) mass is 239 g/mol. The third-order valence-corrected chi connectivity index (χ3v) is 4.39. The SMILES string of the molecule is CC(Cl)C(=O)NC1(C)CCS(=O)(=O)C1. The number of carbonyl (C=O) groups excluding carboxylic acids is 1. The van der Waals surface area contributed by atoms with Crippen LogP contribution in [0.1, 0.15) is 20.3 Å². The quantitative estimate of drug-likeness (QED) is 0.706. The smallest absolute Gasteiger partial charge is 0.238 e. The molecule has 2 unspecified atom stereocenters. The van der Waals surface area contributed by atoms with E-state index in [9.17, 15) is 13.2 Å². The molecule has 6 heteroatoms. The first kappa shape index (κ1) is 11.8. The number of carbonyl (C=O) groups is 1. The number of alkyl halides is 1. The molecule has 0 aromatic rings. The third kappa shape index (κ3) is 2.85. The van der Waals surface area contributed by atoms with Gasteiger partial charge in [-0.3, -0.25) is 4.79 Å². The minimum atomic E-state index is -2.98. The first-order valence-electron chi connectivity index (χ1n) is 4.41. The van der Waals surface area contributed by atoms with Crippen molar-refractivity contribution in [1.29, 1.82) is 0 Å². The lowest BCUT2D eigenvalue weighted by molar-refractivity contribution is -0.121. The normalized spacial score (nSPS) is 32.5. The Hall–Kier alpha value is -0.290. The minimum Gasteiger partial charge on any atom is -0.349 e. The molecule has 82 valence electrons. The number of halogens is 1. The third-order valence-electron chi connectivity index (χ3n) is 2.29. The van der Waals surface area contributed by atoms with Crippen LogP contribution in [-0.4, -0.2) is 36.7 Å². The molecule has 14 heavy (non-hydrogen) atoms. The van der Waals surface area contributed by atoms with Gasteiger partial charge in [-0.1, -0.05) is 0 Å². The van der Waals surface area contributed by atoms with Gasteiger partial charge in [0.2, 0.25) is 5.91 Å². The maximum absolute atomic E-state index is 11.3. The van der Waals surface area contributed by atoms with Crippen molar-refractivity contribution in [2.45, 2.75) is 31.2 Å². The van der Waals surface area contributed by atoms with Crippen LogP contribution in [0.25, 0.3) is 0 Å². The van der Waals surface area contributed by atoms with Crippen LogP contribution in [0.3, 0.4) is 0 Å². The van der Waals surface area contributed by atoms with E-state index in [-0.39, 0.29) is 17.4 Å². The molecule has 0 aromatic heterocycles. The van der Waals surface area contributed by atoms with Gasteiger partial charge >= 0.3 is 0 Å². The highest BCUT2D eigenvalue weighted by Crippen LogP contribution is 2.23. The lowest BCUT2D eigenvalue weighted by Gasteiger charge is -2.24. The van der Waals surface area contributed by atoms with E-state index in [1.165, 1.54) is 0 Å². The Morgan fingerprint density at radius 3 is 2.50 bits per heavy atom. The average molecular weight is 240 g/mol. The summed E-state index contributed by atoms with van der Waals surface area (Å²) >= 11 is 5.58. The van der Waals surface area contributed by atoms with Crippen molar-refractivity contribution in [2.75, 3.05) is 11.5 Å². The highest BCUT2D eigenvalue weighted by Gasteiger charge is 2.39. The molecule has 2 atom stereocenters. The first-order valence-corrected chi connectivity index (χ1v) is 6.66. The van der Waals surface area contributed by atoms with Gasteiger partial charge in [-0.05, 0) is 20.3 Å². The van der Waals surface area contributed by atoms with Gasteiger partial charge in [0.1, 0.15) is 5.38 Å². The molecule has 1 heterocycles. The van der Waals surface area contributed by atoms with Crippen molar-refractivity contribution < 1.29 is 13.2 Å². The van der Waals surface area contributed by atoms with Crippen LogP contribution in [0, 0.1) is 0 Å². The predicted molar refractivity (Wildman–Crippen MR) is 55.1 cm³/mol. The first-order chi connectivity index (χ1) is 6.24. The van der Waals surface area contributed by atoms with Crippen LogP contribution in [0.15, 0.2) is 0 Å². The van der Waals surface area contributed by atoms with Gasteiger partial charge in [0.15, 0.2) is 9.84 Å². The molecule has 1 saturated heterocycles. The van der Waals surface area contributed by atoms with E-state index in [0.717, 1.165) is 0 Å². The zero-order valence-electron chi connectivity index (χ0n) is 8.21. The number of rotatable bonds is 2. The van der Waals surface area contributed by atoms with E-state index < -0.39 is 20.8 Å². The molecular weight excluding hydrogens is 226 g/mol. The van der Waals surface area contributed by atoms with Crippen LogP contribution in [0.4, 0.5) is 0 Å². The molecule has 1 N–H and O–H groups in total. The van der Waals surface area contributed by atoms with Crippen molar-refractivity contribution in [3.63, 3.8) is 0 Å². The summed E-state index contributed by atoms with van der Waals surface area (Å²) in [7, 11) is -2.98. The predicted octanol–water partition coefficient (Wildman–Crippen LogP) is 0.307. The highest BCUT2D eigenvalue weighted by atomic mass is 35.5. The molecule has 4 nitrogen and oxygen atoms in total. The molecule has 0 radical (unpaired) electrons. The lowest BCUT2D eigenvalue weighted by atomic mass is 10.0. The molecule has 0 spiro atoms. The zero-order valence-corrected chi connectivity index (χ0v) is 9.78. The van der Waals surface area contributed by atoms with Crippen LogP contribution >= 0.6 is 11.6 Å². The van der Waals surface area contributed by atoms with Crippen molar-refractivity contribution in [2.24, 2.45) is 0 Å². The lowest BCUT2D eigenvalue weighted by Crippen LogP contribution is -2.49. The number of hydrogen-bond acceptors (Lipinski definition) is 3. The summed E-state index contributed by atoms with van der Waals surface area (Å²) in [6.45, 7) is 3.29. The maximum Gasteiger partial charge on any atom is 0.238 e. The molecule has 1 rings (SSSR count). The Balaban J connectivity index is 2.66. The second-order valence-corrected chi connectivity index (χ2v) is 6.85. The van der Waals surface area contributed by atoms with Gasteiger partial charge in [0, 0.05) is 0 Å².